The predicted molar refractivity (Wildman–Crippen MR) is 50.1 cm³/mol. The van der Waals surface area contributed by atoms with Crippen molar-refractivity contribution in [3.05, 3.63) is 0 Å². The SMILES string of the molecule is CCC1(N)CN(CCCOC)C1. The molecule has 2 N–H and O–H groups in total. The molecule has 1 fully saturated rings. The van der Waals surface area contributed by atoms with Crippen LogP contribution in [0.25, 0.3) is 0 Å². The van der Waals surface area contributed by atoms with Gasteiger partial charge >= 0.3 is 0 Å². The zero-order valence-electron chi connectivity index (χ0n) is 8.18. The van der Waals surface area contributed by atoms with Gasteiger partial charge in [-0.15, -0.1) is 0 Å². The van der Waals surface area contributed by atoms with Gasteiger partial charge in [0, 0.05) is 38.9 Å². The van der Waals surface area contributed by atoms with Gasteiger partial charge in [0.1, 0.15) is 0 Å². The number of ether oxygens (including phenoxy) is 1. The molecule has 0 aromatic rings. The van der Waals surface area contributed by atoms with Crippen LogP contribution in [0.15, 0.2) is 0 Å². The summed E-state index contributed by atoms with van der Waals surface area (Å²) in [6.07, 6.45) is 2.21. The average Bonchev–Trinajstić information content (AvgIpc) is 2.01. The van der Waals surface area contributed by atoms with E-state index in [9.17, 15) is 0 Å². The molecule has 72 valence electrons. The van der Waals surface area contributed by atoms with Crippen LogP contribution in [0.2, 0.25) is 0 Å². The van der Waals surface area contributed by atoms with Crippen LogP contribution in [0.4, 0.5) is 0 Å². The maximum atomic E-state index is 6.02. The molecule has 12 heavy (non-hydrogen) atoms. The number of nitrogens with two attached hydrogens (primary N) is 1. The Labute approximate surface area is 74.9 Å². The summed E-state index contributed by atoms with van der Waals surface area (Å²) in [6.45, 7) is 6.28. The van der Waals surface area contributed by atoms with E-state index in [0.717, 1.165) is 39.1 Å². The molecule has 1 rings (SSSR count). The summed E-state index contributed by atoms with van der Waals surface area (Å²) in [5.41, 5.74) is 6.14. The van der Waals surface area contributed by atoms with Crippen LogP contribution in [-0.4, -0.2) is 43.8 Å². The zero-order chi connectivity index (χ0) is 9.03. The highest BCUT2D eigenvalue weighted by Gasteiger charge is 2.36. The van der Waals surface area contributed by atoms with E-state index in [4.69, 9.17) is 10.5 Å². The lowest BCUT2D eigenvalue weighted by Gasteiger charge is -2.47. The fourth-order valence-corrected chi connectivity index (χ4v) is 1.66. The first kappa shape index (κ1) is 9.96. The lowest BCUT2D eigenvalue weighted by Crippen LogP contribution is -2.66. The van der Waals surface area contributed by atoms with E-state index in [1.54, 1.807) is 7.11 Å². The van der Waals surface area contributed by atoms with Gasteiger partial charge < -0.3 is 10.5 Å². The number of nitrogens with zero attached hydrogens (tertiary/aromatic N) is 1. The first-order valence-electron chi connectivity index (χ1n) is 4.70. The van der Waals surface area contributed by atoms with Crippen molar-refractivity contribution in [3.8, 4) is 0 Å². The molecular formula is C9H20N2O. The Morgan fingerprint density at radius 2 is 2.17 bits per heavy atom. The fraction of sp³-hybridized carbons (Fsp3) is 1.00. The van der Waals surface area contributed by atoms with E-state index in [0.29, 0.717) is 0 Å². The van der Waals surface area contributed by atoms with Gasteiger partial charge in [0.2, 0.25) is 0 Å². The van der Waals surface area contributed by atoms with Crippen LogP contribution < -0.4 is 5.73 Å². The topological polar surface area (TPSA) is 38.5 Å². The molecule has 0 amide bonds. The molecule has 0 aromatic heterocycles. The van der Waals surface area contributed by atoms with E-state index >= 15 is 0 Å². The lowest BCUT2D eigenvalue weighted by molar-refractivity contribution is 0.0582. The molecule has 0 spiro atoms. The first-order valence-corrected chi connectivity index (χ1v) is 4.70. The Kier molecular flexibility index (Phi) is 3.50. The number of hydrogen-bond donors (Lipinski definition) is 1. The molecule has 0 atom stereocenters. The highest BCUT2D eigenvalue weighted by atomic mass is 16.5. The first-order chi connectivity index (χ1) is 5.70. The Hall–Kier alpha value is -0.120. The van der Waals surface area contributed by atoms with E-state index in [-0.39, 0.29) is 5.54 Å². The standard InChI is InChI=1S/C9H20N2O/c1-3-9(10)7-11(8-9)5-4-6-12-2/h3-8,10H2,1-2H3. The molecule has 1 heterocycles. The molecule has 0 aromatic carbocycles. The van der Waals surface area contributed by atoms with Crippen molar-refractivity contribution in [2.24, 2.45) is 5.73 Å². The van der Waals surface area contributed by atoms with Gasteiger partial charge in [-0.3, -0.25) is 4.90 Å². The van der Waals surface area contributed by atoms with Gasteiger partial charge in [0.15, 0.2) is 0 Å². The second kappa shape index (κ2) is 4.21. The van der Waals surface area contributed by atoms with Crippen LogP contribution in [0, 0.1) is 0 Å². The predicted octanol–water partition coefficient (Wildman–Crippen LogP) is 0.446. The third kappa shape index (κ3) is 2.44. The summed E-state index contributed by atoms with van der Waals surface area (Å²) >= 11 is 0. The second-order valence-electron chi connectivity index (χ2n) is 3.77. The molecular weight excluding hydrogens is 152 g/mol. The van der Waals surface area contributed by atoms with Crippen molar-refractivity contribution >= 4 is 0 Å². The maximum absolute atomic E-state index is 6.02. The molecule has 3 nitrogen and oxygen atoms in total. The Balaban J connectivity index is 2.02. The van der Waals surface area contributed by atoms with E-state index in [1.165, 1.54) is 0 Å². The summed E-state index contributed by atoms with van der Waals surface area (Å²) in [5, 5.41) is 0. The van der Waals surface area contributed by atoms with Crippen molar-refractivity contribution in [1.29, 1.82) is 0 Å². The molecule has 1 aliphatic rings. The highest BCUT2D eigenvalue weighted by molar-refractivity contribution is 4.98. The van der Waals surface area contributed by atoms with Crippen LogP contribution in [-0.2, 0) is 4.74 Å². The minimum Gasteiger partial charge on any atom is -0.385 e. The van der Waals surface area contributed by atoms with E-state index < -0.39 is 0 Å². The molecule has 1 saturated heterocycles. The van der Waals surface area contributed by atoms with E-state index in [2.05, 4.69) is 11.8 Å². The van der Waals surface area contributed by atoms with Crippen molar-refractivity contribution < 1.29 is 4.74 Å². The Morgan fingerprint density at radius 3 is 2.67 bits per heavy atom. The molecule has 0 bridgehead atoms. The Morgan fingerprint density at radius 1 is 1.50 bits per heavy atom. The summed E-state index contributed by atoms with van der Waals surface area (Å²) < 4.78 is 4.98. The summed E-state index contributed by atoms with van der Waals surface area (Å²) in [7, 11) is 1.75. The molecule has 0 saturated carbocycles. The van der Waals surface area contributed by atoms with E-state index in [1.807, 2.05) is 0 Å². The smallest absolute Gasteiger partial charge is 0.0474 e. The summed E-state index contributed by atoms with van der Waals surface area (Å²) in [5.74, 6) is 0. The van der Waals surface area contributed by atoms with Gasteiger partial charge in [0.25, 0.3) is 0 Å². The summed E-state index contributed by atoms with van der Waals surface area (Å²) in [4.78, 5) is 2.39. The third-order valence-electron chi connectivity index (χ3n) is 2.60. The van der Waals surface area contributed by atoms with Crippen LogP contribution in [0.3, 0.4) is 0 Å². The number of likely N-dealkylation sites (tertiary alicyclic amines) is 1. The zero-order valence-corrected chi connectivity index (χ0v) is 8.18. The molecule has 0 aliphatic carbocycles. The largest absolute Gasteiger partial charge is 0.385 e. The van der Waals surface area contributed by atoms with Gasteiger partial charge in [-0.2, -0.15) is 0 Å². The highest BCUT2D eigenvalue weighted by Crippen LogP contribution is 2.20. The molecule has 1 aliphatic heterocycles. The van der Waals surface area contributed by atoms with Crippen molar-refractivity contribution in [2.45, 2.75) is 25.3 Å². The second-order valence-corrected chi connectivity index (χ2v) is 3.77. The third-order valence-corrected chi connectivity index (χ3v) is 2.60. The number of methoxy groups -OCH3 is 1. The lowest BCUT2D eigenvalue weighted by atomic mass is 9.88. The molecule has 0 unspecified atom stereocenters. The minimum absolute atomic E-state index is 0.118. The van der Waals surface area contributed by atoms with Crippen LogP contribution >= 0.6 is 0 Å². The van der Waals surface area contributed by atoms with Crippen molar-refractivity contribution in [1.82, 2.24) is 4.90 Å². The quantitative estimate of drug-likeness (QED) is 0.612. The minimum atomic E-state index is 0.118. The van der Waals surface area contributed by atoms with Crippen LogP contribution in [0.1, 0.15) is 19.8 Å². The van der Waals surface area contributed by atoms with Crippen molar-refractivity contribution in [3.63, 3.8) is 0 Å². The van der Waals surface area contributed by atoms with Gasteiger partial charge in [-0.05, 0) is 12.8 Å². The van der Waals surface area contributed by atoms with Gasteiger partial charge in [-0.25, -0.2) is 0 Å². The maximum Gasteiger partial charge on any atom is 0.0474 e. The van der Waals surface area contributed by atoms with Gasteiger partial charge in [-0.1, -0.05) is 6.92 Å². The van der Waals surface area contributed by atoms with Crippen LogP contribution in [0.5, 0.6) is 0 Å². The van der Waals surface area contributed by atoms with Crippen molar-refractivity contribution in [2.75, 3.05) is 33.4 Å². The average molecular weight is 172 g/mol. The monoisotopic (exact) mass is 172 g/mol. The number of hydrogen-bond acceptors (Lipinski definition) is 3. The molecule has 0 radical (unpaired) electrons. The van der Waals surface area contributed by atoms with Gasteiger partial charge in [0.05, 0.1) is 0 Å². The Bertz CT molecular complexity index is 132. The molecule has 3 heteroatoms. The summed E-state index contributed by atoms with van der Waals surface area (Å²) in [6, 6.07) is 0. The normalized spacial score (nSPS) is 22.2. The number of rotatable bonds is 5. The fourth-order valence-electron chi connectivity index (χ4n) is 1.66.